The number of aryl methyl sites for hydroxylation is 1. The van der Waals surface area contributed by atoms with E-state index in [1.807, 2.05) is 68.4 Å². The summed E-state index contributed by atoms with van der Waals surface area (Å²) in [5, 5.41) is 17.6. The molecule has 1 fully saturated rings. The van der Waals surface area contributed by atoms with Gasteiger partial charge in [0.1, 0.15) is 11.5 Å². The van der Waals surface area contributed by atoms with Crippen LogP contribution in [0.4, 0.5) is 11.4 Å². The Balaban J connectivity index is 1.66. The van der Waals surface area contributed by atoms with E-state index >= 15 is 0 Å². The number of rotatable bonds is 7. The number of pyridine rings is 1. The normalized spacial score (nSPS) is 16.7. The van der Waals surface area contributed by atoms with E-state index in [0.29, 0.717) is 28.7 Å². The van der Waals surface area contributed by atoms with Gasteiger partial charge >= 0.3 is 0 Å². The number of methoxy groups -OCH3 is 1. The highest BCUT2D eigenvalue weighted by atomic mass is 32.1. The molecule has 4 aromatic rings. The van der Waals surface area contributed by atoms with Crippen LogP contribution in [0.1, 0.15) is 48.1 Å². The number of carbonyl (C=O) groups is 1. The summed E-state index contributed by atoms with van der Waals surface area (Å²) in [6, 6.07) is 20.5. The van der Waals surface area contributed by atoms with Crippen molar-refractivity contribution >= 4 is 34.6 Å². The lowest BCUT2D eigenvalue weighted by atomic mass is 9.96. The Kier molecular flexibility index (Phi) is 7.26. The maximum Gasteiger partial charge on any atom is 0.224 e. The van der Waals surface area contributed by atoms with E-state index in [1.165, 1.54) is 0 Å². The molecule has 200 valence electrons. The van der Waals surface area contributed by atoms with Crippen LogP contribution in [0, 0.1) is 13.8 Å². The van der Waals surface area contributed by atoms with Gasteiger partial charge in [-0.05, 0) is 74.1 Å². The Hall–Kier alpha value is -4.37. The fourth-order valence-electron chi connectivity index (χ4n) is 5.23. The third-order valence-electron chi connectivity index (χ3n) is 7.07. The number of phenols is 1. The molecule has 0 unspecified atom stereocenters. The monoisotopic (exact) mass is 541 g/mol. The number of amides is 1. The molecule has 3 heterocycles. The molecule has 0 aliphatic carbocycles. The fourth-order valence-corrected chi connectivity index (χ4v) is 5.58. The first-order chi connectivity index (χ1) is 18.8. The van der Waals surface area contributed by atoms with Gasteiger partial charge in [0.05, 0.1) is 36.3 Å². The second-order valence-corrected chi connectivity index (χ2v) is 9.82. The number of ether oxygens (including phenoxy) is 1. The molecule has 2 atom stereocenters. The van der Waals surface area contributed by atoms with E-state index in [9.17, 15) is 9.90 Å². The first-order valence-corrected chi connectivity index (χ1v) is 13.2. The molecule has 1 saturated heterocycles. The summed E-state index contributed by atoms with van der Waals surface area (Å²) in [7, 11) is 1.58. The Morgan fingerprint density at radius 3 is 2.59 bits per heavy atom. The van der Waals surface area contributed by atoms with Gasteiger partial charge in [0.2, 0.25) is 5.91 Å². The number of benzene rings is 2. The van der Waals surface area contributed by atoms with Gasteiger partial charge in [-0.15, -0.1) is 0 Å². The minimum Gasteiger partial charge on any atom is -0.506 e. The van der Waals surface area contributed by atoms with Gasteiger partial charge in [-0.25, -0.2) is 0 Å². The highest BCUT2D eigenvalue weighted by molar-refractivity contribution is 7.80. The van der Waals surface area contributed by atoms with Crippen molar-refractivity contribution in [3.05, 3.63) is 95.6 Å². The van der Waals surface area contributed by atoms with Gasteiger partial charge < -0.3 is 29.9 Å². The lowest BCUT2D eigenvalue weighted by Crippen LogP contribution is -2.29. The quantitative estimate of drug-likeness (QED) is 0.258. The third kappa shape index (κ3) is 4.81. The van der Waals surface area contributed by atoms with E-state index < -0.39 is 0 Å². The SMILES string of the molecule is CCC(=O)Nc1ccc(N2C(=S)N[C@H](c3ccccn3)[C@@H]2c2cc(C)n(-c3ccccc3O)c2C)cc1OC. The van der Waals surface area contributed by atoms with E-state index in [2.05, 4.69) is 31.2 Å². The van der Waals surface area contributed by atoms with Gasteiger partial charge in [-0.3, -0.25) is 9.78 Å². The Bertz CT molecular complexity index is 1540. The molecule has 0 saturated carbocycles. The molecule has 39 heavy (non-hydrogen) atoms. The van der Waals surface area contributed by atoms with Crippen LogP contribution in [0.15, 0.2) is 72.9 Å². The predicted molar refractivity (Wildman–Crippen MR) is 157 cm³/mol. The maximum absolute atomic E-state index is 12.1. The van der Waals surface area contributed by atoms with Crippen molar-refractivity contribution in [2.45, 2.75) is 39.3 Å². The number of nitrogens with one attached hydrogen (secondary N) is 2. The minimum atomic E-state index is -0.251. The minimum absolute atomic E-state index is 0.0934. The van der Waals surface area contributed by atoms with Crippen molar-refractivity contribution in [1.82, 2.24) is 14.9 Å². The van der Waals surface area contributed by atoms with Crippen LogP contribution in [0.5, 0.6) is 11.5 Å². The van der Waals surface area contributed by atoms with Gasteiger partial charge in [-0.1, -0.05) is 25.1 Å². The number of nitrogens with zero attached hydrogens (tertiary/aromatic N) is 3. The first-order valence-electron chi connectivity index (χ1n) is 12.8. The Morgan fingerprint density at radius 2 is 1.90 bits per heavy atom. The van der Waals surface area contributed by atoms with Crippen molar-refractivity contribution in [2.75, 3.05) is 17.3 Å². The van der Waals surface area contributed by atoms with Gasteiger partial charge in [0.15, 0.2) is 5.11 Å². The molecule has 0 radical (unpaired) electrons. The van der Waals surface area contributed by atoms with Gasteiger partial charge in [-0.2, -0.15) is 0 Å². The van der Waals surface area contributed by atoms with Crippen LogP contribution in [0.2, 0.25) is 0 Å². The van der Waals surface area contributed by atoms with Crippen LogP contribution >= 0.6 is 12.2 Å². The topological polar surface area (TPSA) is 91.7 Å². The Morgan fingerprint density at radius 1 is 1.13 bits per heavy atom. The first kappa shape index (κ1) is 26.2. The van der Waals surface area contributed by atoms with Gasteiger partial charge in [0, 0.05) is 35.8 Å². The standard InChI is InChI=1S/C30H31N5O3S/c1-5-27(37)32-22-14-13-20(17-26(22)38-4)35-29(28(33-30(35)39)23-10-8-9-15-31-23)21-16-18(2)34(19(21)3)24-11-6-7-12-25(24)36/h6-17,28-29,36H,5H2,1-4H3,(H,32,37)(H,33,39)/t28-,29+/m1/s1. The zero-order valence-corrected chi connectivity index (χ0v) is 23.1. The smallest absolute Gasteiger partial charge is 0.224 e. The summed E-state index contributed by atoms with van der Waals surface area (Å²) in [4.78, 5) is 18.8. The number of anilines is 2. The fraction of sp³-hybridized carbons (Fsp3) is 0.233. The van der Waals surface area contributed by atoms with Crippen molar-refractivity contribution in [3.8, 4) is 17.2 Å². The van der Waals surface area contributed by atoms with E-state index in [0.717, 1.165) is 28.3 Å². The molecule has 2 aromatic heterocycles. The molecule has 0 bridgehead atoms. The van der Waals surface area contributed by atoms with Crippen molar-refractivity contribution in [1.29, 1.82) is 0 Å². The largest absolute Gasteiger partial charge is 0.506 e. The molecule has 1 amide bonds. The predicted octanol–water partition coefficient (Wildman–Crippen LogP) is 5.73. The lowest BCUT2D eigenvalue weighted by molar-refractivity contribution is -0.115. The number of para-hydroxylation sites is 2. The molecule has 0 spiro atoms. The van der Waals surface area contributed by atoms with E-state index in [4.69, 9.17) is 17.0 Å². The average molecular weight is 542 g/mol. The molecule has 9 heteroatoms. The summed E-state index contributed by atoms with van der Waals surface area (Å²) < 4.78 is 7.71. The zero-order valence-electron chi connectivity index (χ0n) is 22.3. The molecule has 3 N–H and O–H groups in total. The summed E-state index contributed by atoms with van der Waals surface area (Å²) in [5.41, 5.74) is 5.99. The second-order valence-electron chi connectivity index (χ2n) is 9.43. The van der Waals surface area contributed by atoms with Crippen LogP contribution in [0.25, 0.3) is 5.69 Å². The highest BCUT2D eigenvalue weighted by Gasteiger charge is 2.42. The van der Waals surface area contributed by atoms with Crippen LogP contribution in [-0.2, 0) is 4.79 Å². The van der Waals surface area contributed by atoms with E-state index in [1.54, 1.807) is 26.3 Å². The van der Waals surface area contributed by atoms with Crippen molar-refractivity contribution < 1.29 is 14.6 Å². The zero-order chi connectivity index (χ0) is 27.7. The van der Waals surface area contributed by atoms with Crippen LogP contribution < -0.4 is 20.3 Å². The van der Waals surface area contributed by atoms with Crippen molar-refractivity contribution in [2.24, 2.45) is 0 Å². The number of phenolic OH excluding ortho intramolecular Hbond substituents is 1. The van der Waals surface area contributed by atoms with E-state index in [-0.39, 0.29) is 23.7 Å². The number of thiocarbonyl (C=S) groups is 1. The van der Waals surface area contributed by atoms with Crippen LogP contribution in [-0.4, -0.2) is 32.8 Å². The lowest BCUT2D eigenvalue weighted by Gasteiger charge is -2.29. The number of aromatic hydroxyl groups is 1. The summed E-state index contributed by atoms with van der Waals surface area (Å²) in [6.07, 6.45) is 2.14. The number of hydrogen-bond acceptors (Lipinski definition) is 5. The summed E-state index contributed by atoms with van der Waals surface area (Å²) in [5.74, 6) is 0.652. The summed E-state index contributed by atoms with van der Waals surface area (Å²) >= 11 is 5.90. The average Bonchev–Trinajstić information content (AvgIpc) is 3.44. The number of aromatic nitrogens is 2. The maximum atomic E-state index is 12.1. The summed E-state index contributed by atoms with van der Waals surface area (Å²) in [6.45, 7) is 5.88. The number of carbonyl (C=O) groups excluding carboxylic acids is 1. The molecule has 5 rings (SSSR count). The Labute approximate surface area is 233 Å². The molecule has 2 aromatic carbocycles. The number of hydrogen-bond donors (Lipinski definition) is 3. The highest BCUT2D eigenvalue weighted by Crippen LogP contribution is 2.45. The molecular weight excluding hydrogens is 510 g/mol. The molecule has 1 aliphatic rings. The molecular formula is C30H31N5O3S. The molecule has 8 nitrogen and oxygen atoms in total. The van der Waals surface area contributed by atoms with Crippen LogP contribution in [0.3, 0.4) is 0 Å². The second kappa shape index (κ2) is 10.8. The van der Waals surface area contributed by atoms with Crippen molar-refractivity contribution in [3.63, 3.8) is 0 Å². The van der Waals surface area contributed by atoms with Gasteiger partial charge in [0.25, 0.3) is 0 Å². The third-order valence-corrected chi connectivity index (χ3v) is 7.38. The molecule has 1 aliphatic heterocycles.